The van der Waals surface area contributed by atoms with Crippen molar-refractivity contribution in [3.8, 4) is 0 Å². The van der Waals surface area contributed by atoms with Gasteiger partial charge in [0.05, 0.1) is 6.10 Å². The number of halogens is 4. The molecule has 0 aromatic heterocycles. The Balaban J connectivity index is 2.32. The average molecular weight is 265 g/mol. The molecular formula is C12H12ClF3O. The normalized spacial score (nSPS) is 24.9. The molecule has 1 fully saturated rings. The zero-order valence-corrected chi connectivity index (χ0v) is 9.81. The zero-order chi connectivity index (χ0) is 12.4. The molecule has 2 atom stereocenters. The van der Waals surface area contributed by atoms with Crippen molar-refractivity contribution in [1.29, 1.82) is 0 Å². The van der Waals surface area contributed by atoms with Crippen molar-refractivity contribution in [3.05, 3.63) is 35.1 Å². The highest BCUT2D eigenvalue weighted by molar-refractivity contribution is 6.18. The van der Waals surface area contributed by atoms with E-state index in [2.05, 4.69) is 0 Å². The number of hydrogen-bond donors (Lipinski definition) is 0. The molecule has 1 heterocycles. The molecule has 5 heteroatoms. The molecule has 1 aliphatic rings. The van der Waals surface area contributed by atoms with Crippen LogP contribution in [0.25, 0.3) is 0 Å². The number of ether oxygens (including phenoxy) is 1. The first kappa shape index (κ1) is 12.7. The average Bonchev–Trinajstić information content (AvgIpc) is 2.35. The number of alkyl halides is 1. The van der Waals surface area contributed by atoms with Gasteiger partial charge in [0.25, 0.3) is 0 Å². The van der Waals surface area contributed by atoms with E-state index in [1.54, 1.807) is 0 Å². The summed E-state index contributed by atoms with van der Waals surface area (Å²) in [6.45, 7) is 0.526. The Hall–Kier alpha value is -0.740. The number of benzene rings is 1. The van der Waals surface area contributed by atoms with Gasteiger partial charge < -0.3 is 4.74 Å². The first-order valence-corrected chi connectivity index (χ1v) is 5.99. The molecule has 1 aromatic rings. The van der Waals surface area contributed by atoms with E-state index in [4.69, 9.17) is 16.3 Å². The van der Waals surface area contributed by atoms with E-state index in [1.165, 1.54) is 0 Å². The second-order valence-electron chi connectivity index (χ2n) is 4.15. The molecule has 0 saturated carbocycles. The van der Waals surface area contributed by atoms with Gasteiger partial charge in [0.1, 0.15) is 0 Å². The van der Waals surface area contributed by atoms with Crippen LogP contribution >= 0.6 is 11.6 Å². The Bertz CT molecular complexity index is 388. The van der Waals surface area contributed by atoms with E-state index in [1.807, 2.05) is 0 Å². The van der Waals surface area contributed by atoms with Crippen LogP contribution in [0.2, 0.25) is 0 Å². The minimum Gasteiger partial charge on any atom is -0.373 e. The summed E-state index contributed by atoms with van der Waals surface area (Å²) in [5.74, 6) is -3.47. The monoisotopic (exact) mass is 264 g/mol. The van der Waals surface area contributed by atoms with E-state index in [-0.39, 0.29) is 5.92 Å². The summed E-state index contributed by atoms with van der Waals surface area (Å²) < 4.78 is 44.6. The van der Waals surface area contributed by atoms with Crippen molar-refractivity contribution in [1.82, 2.24) is 0 Å². The lowest BCUT2D eigenvalue weighted by atomic mass is 9.91. The van der Waals surface area contributed by atoms with Crippen molar-refractivity contribution in [2.45, 2.75) is 18.9 Å². The summed E-state index contributed by atoms with van der Waals surface area (Å²) >= 11 is 5.79. The van der Waals surface area contributed by atoms with Gasteiger partial charge in [-0.15, -0.1) is 11.6 Å². The fraction of sp³-hybridized carbons (Fsp3) is 0.500. The summed E-state index contributed by atoms with van der Waals surface area (Å²) in [4.78, 5) is 0. The van der Waals surface area contributed by atoms with Crippen LogP contribution in [0.5, 0.6) is 0 Å². The highest BCUT2D eigenvalue weighted by Crippen LogP contribution is 2.35. The van der Waals surface area contributed by atoms with Crippen molar-refractivity contribution in [2.24, 2.45) is 5.92 Å². The Morgan fingerprint density at radius 2 is 1.88 bits per heavy atom. The Labute approximate surface area is 103 Å². The van der Waals surface area contributed by atoms with E-state index in [0.29, 0.717) is 18.1 Å². The first-order chi connectivity index (χ1) is 8.13. The summed E-state index contributed by atoms with van der Waals surface area (Å²) in [7, 11) is 0. The highest BCUT2D eigenvalue weighted by Gasteiger charge is 2.28. The van der Waals surface area contributed by atoms with E-state index >= 15 is 0 Å². The van der Waals surface area contributed by atoms with Crippen molar-refractivity contribution in [2.75, 3.05) is 12.5 Å². The molecule has 2 rings (SSSR count). The van der Waals surface area contributed by atoms with Gasteiger partial charge in [-0.05, 0) is 30.5 Å². The Morgan fingerprint density at radius 3 is 2.47 bits per heavy atom. The molecule has 1 aromatic carbocycles. The molecule has 0 spiro atoms. The van der Waals surface area contributed by atoms with Crippen LogP contribution in [-0.2, 0) is 4.74 Å². The maximum atomic E-state index is 13.1. The maximum absolute atomic E-state index is 13.1. The van der Waals surface area contributed by atoms with Gasteiger partial charge in [-0.3, -0.25) is 0 Å². The summed E-state index contributed by atoms with van der Waals surface area (Å²) in [6.07, 6.45) is 1.26. The van der Waals surface area contributed by atoms with Crippen LogP contribution in [-0.4, -0.2) is 12.5 Å². The van der Waals surface area contributed by atoms with Gasteiger partial charge in [-0.25, -0.2) is 13.2 Å². The van der Waals surface area contributed by atoms with E-state index in [9.17, 15) is 13.2 Å². The van der Waals surface area contributed by atoms with E-state index < -0.39 is 23.6 Å². The molecule has 0 aliphatic carbocycles. The molecule has 1 nitrogen and oxygen atoms in total. The summed E-state index contributed by atoms with van der Waals surface area (Å²) in [5, 5.41) is 0. The van der Waals surface area contributed by atoms with Gasteiger partial charge in [-0.1, -0.05) is 0 Å². The molecule has 2 unspecified atom stereocenters. The maximum Gasteiger partial charge on any atom is 0.194 e. The van der Waals surface area contributed by atoms with Crippen LogP contribution in [0.1, 0.15) is 24.5 Å². The molecule has 0 bridgehead atoms. The quantitative estimate of drug-likeness (QED) is 0.583. The number of rotatable bonds is 2. The van der Waals surface area contributed by atoms with Crippen LogP contribution in [0, 0.1) is 23.4 Å². The van der Waals surface area contributed by atoms with Crippen LogP contribution < -0.4 is 0 Å². The van der Waals surface area contributed by atoms with Gasteiger partial charge in [-0.2, -0.15) is 0 Å². The van der Waals surface area contributed by atoms with E-state index in [0.717, 1.165) is 25.0 Å². The minimum atomic E-state index is -1.45. The van der Waals surface area contributed by atoms with Crippen molar-refractivity contribution >= 4 is 11.6 Å². The summed E-state index contributed by atoms with van der Waals surface area (Å²) in [6, 6.07) is 1.96. The van der Waals surface area contributed by atoms with Gasteiger partial charge in [0.2, 0.25) is 0 Å². The van der Waals surface area contributed by atoms with Crippen molar-refractivity contribution in [3.63, 3.8) is 0 Å². The second-order valence-corrected chi connectivity index (χ2v) is 4.46. The fourth-order valence-electron chi connectivity index (χ4n) is 2.11. The smallest absolute Gasteiger partial charge is 0.194 e. The molecule has 0 N–H and O–H groups in total. The third-order valence-corrected chi connectivity index (χ3v) is 3.37. The zero-order valence-electron chi connectivity index (χ0n) is 9.06. The molecule has 1 aliphatic heterocycles. The predicted molar refractivity (Wildman–Crippen MR) is 58.5 cm³/mol. The topological polar surface area (TPSA) is 9.23 Å². The molecular weight excluding hydrogens is 253 g/mol. The second kappa shape index (κ2) is 5.27. The standard InChI is InChI=1S/C12H12ClF3O/c13-6-7-2-1-3-17-12(7)8-4-9(14)11(16)10(15)5-8/h4-5,7,12H,1-3,6H2. The lowest BCUT2D eigenvalue weighted by Crippen LogP contribution is -2.24. The lowest BCUT2D eigenvalue weighted by molar-refractivity contribution is -0.0212. The van der Waals surface area contributed by atoms with Crippen LogP contribution in [0.15, 0.2) is 12.1 Å². The molecule has 0 amide bonds. The lowest BCUT2D eigenvalue weighted by Gasteiger charge is -2.30. The van der Waals surface area contributed by atoms with Crippen LogP contribution in [0.3, 0.4) is 0 Å². The van der Waals surface area contributed by atoms with Crippen molar-refractivity contribution < 1.29 is 17.9 Å². The third-order valence-electron chi connectivity index (χ3n) is 2.98. The third kappa shape index (κ3) is 2.58. The molecule has 94 valence electrons. The SMILES string of the molecule is Fc1cc(C2OCCCC2CCl)cc(F)c1F. The van der Waals surface area contributed by atoms with Gasteiger partial charge in [0.15, 0.2) is 17.5 Å². The fourth-order valence-corrected chi connectivity index (χ4v) is 2.43. The Morgan fingerprint density at radius 1 is 1.24 bits per heavy atom. The predicted octanol–water partition coefficient (Wildman–Crippen LogP) is 3.81. The molecule has 17 heavy (non-hydrogen) atoms. The van der Waals surface area contributed by atoms with Crippen LogP contribution in [0.4, 0.5) is 13.2 Å². The Kier molecular flexibility index (Phi) is 3.94. The van der Waals surface area contributed by atoms with Gasteiger partial charge in [0, 0.05) is 18.4 Å². The molecule has 1 saturated heterocycles. The first-order valence-electron chi connectivity index (χ1n) is 5.45. The summed E-state index contributed by atoms with van der Waals surface area (Å²) in [5.41, 5.74) is 0.312. The minimum absolute atomic E-state index is 0.00896. The highest BCUT2D eigenvalue weighted by atomic mass is 35.5. The molecule has 0 radical (unpaired) electrons. The number of hydrogen-bond acceptors (Lipinski definition) is 1. The largest absolute Gasteiger partial charge is 0.373 e. The van der Waals surface area contributed by atoms with Gasteiger partial charge >= 0.3 is 0 Å².